The number of hydrogen-bond acceptors (Lipinski definition) is 7. The molecule has 4 N–H and O–H groups in total. The standard InChI is InChI=1S/C24H38N2O7/c1-14(2)26-16-9-7-8-10-18(16)33-13-15(23(26)31)25-22(30)21(32-6)20(29)19(28)17(27)11-12-24(3,4)5/h7-12,14-21,27-29H,13H2,1-6H3,(H,25,30)/b12-11+/t15-,16?,17+,18?,19-,20+,21+/m0/s1. The molecule has 7 atom stereocenters. The Morgan fingerprint density at radius 3 is 2.42 bits per heavy atom. The zero-order valence-corrected chi connectivity index (χ0v) is 20.2. The summed E-state index contributed by atoms with van der Waals surface area (Å²) in [6.45, 7) is 9.46. The lowest BCUT2D eigenvalue weighted by atomic mass is 9.94. The number of aliphatic hydroxyl groups is 3. The van der Waals surface area contributed by atoms with E-state index in [1.54, 1.807) is 11.0 Å². The molecule has 1 heterocycles. The number of carbonyl (C=O) groups excluding carboxylic acids is 2. The second-order valence-electron chi connectivity index (χ2n) is 9.81. The van der Waals surface area contributed by atoms with Gasteiger partial charge in [0.2, 0.25) is 5.91 Å². The topological polar surface area (TPSA) is 129 Å². The Morgan fingerprint density at radius 1 is 1.21 bits per heavy atom. The van der Waals surface area contributed by atoms with Crippen molar-refractivity contribution in [3.8, 4) is 0 Å². The van der Waals surface area contributed by atoms with Crippen molar-refractivity contribution in [1.29, 1.82) is 0 Å². The first-order valence-electron chi connectivity index (χ1n) is 11.2. The van der Waals surface area contributed by atoms with Gasteiger partial charge in [-0.25, -0.2) is 0 Å². The van der Waals surface area contributed by atoms with Crippen LogP contribution in [0.1, 0.15) is 34.6 Å². The van der Waals surface area contributed by atoms with E-state index < -0.39 is 36.4 Å². The molecule has 9 heteroatoms. The predicted molar refractivity (Wildman–Crippen MR) is 123 cm³/mol. The molecule has 1 aliphatic carbocycles. The highest BCUT2D eigenvalue weighted by Crippen LogP contribution is 2.23. The summed E-state index contributed by atoms with van der Waals surface area (Å²) in [5, 5.41) is 33.7. The van der Waals surface area contributed by atoms with Crippen LogP contribution in [0.5, 0.6) is 0 Å². The number of aliphatic hydroxyl groups excluding tert-OH is 3. The summed E-state index contributed by atoms with van der Waals surface area (Å²) in [5.41, 5.74) is -0.243. The van der Waals surface area contributed by atoms with Crippen LogP contribution in [0.25, 0.3) is 0 Å². The lowest BCUT2D eigenvalue weighted by Crippen LogP contribution is -2.58. The van der Waals surface area contributed by atoms with Gasteiger partial charge in [0.25, 0.3) is 5.91 Å². The lowest BCUT2D eigenvalue weighted by molar-refractivity contribution is -0.152. The normalized spacial score (nSPS) is 27.3. The van der Waals surface area contributed by atoms with E-state index in [9.17, 15) is 24.9 Å². The average Bonchev–Trinajstić information content (AvgIpc) is 2.88. The van der Waals surface area contributed by atoms with Gasteiger partial charge in [0.1, 0.15) is 30.5 Å². The molecule has 1 fully saturated rings. The second-order valence-corrected chi connectivity index (χ2v) is 9.81. The Kier molecular flexibility index (Phi) is 9.39. The van der Waals surface area contributed by atoms with Gasteiger partial charge >= 0.3 is 0 Å². The van der Waals surface area contributed by atoms with E-state index in [2.05, 4.69) is 5.32 Å². The van der Waals surface area contributed by atoms with Crippen LogP contribution in [-0.4, -0.2) is 94.4 Å². The number of fused-ring (bicyclic) bond motifs is 1. The van der Waals surface area contributed by atoms with Crippen LogP contribution in [0.4, 0.5) is 0 Å². The Bertz CT molecular complexity index is 771. The average molecular weight is 467 g/mol. The fraction of sp³-hybridized carbons (Fsp3) is 0.667. The molecule has 33 heavy (non-hydrogen) atoms. The quantitative estimate of drug-likeness (QED) is 0.379. The number of ether oxygens (including phenoxy) is 2. The van der Waals surface area contributed by atoms with Crippen LogP contribution >= 0.6 is 0 Å². The van der Waals surface area contributed by atoms with Gasteiger partial charge in [-0.15, -0.1) is 0 Å². The van der Waals surface area contributed by atoms with Gasteiger partial charge in [0.15, 0.2) is 6.10 Å². The Balaban J connectivity index is 2.13. The lowest BCUT2D eigenvalue weighted by Gasteiger charge is -2.36. The summed E-state index contributed by atoms with van der Waals surface area (Å²) in [6, 6.07) is -1.43. The first kappa shape index (κ1) is 27.2. The maximum atomic E-state index is 13.3. The first-order chi connectivity index (χ1) is 15.4. The van der Waals surface area contributed by atoms with E-state index in [0.717, 1.165) is 0 Å². The molecule has 1 saturated heterocycles. The zero-order valence-electron chi connectivity index (χ0n) is 20.2. The number of methoxy groups -OCH3 is 1. The third-order valence-electron chi connectivity index (χ3n) is 5.57. The van der Waals surface area contributed by atoms with E-state index >= 15 is 0 Å². The molecule has 0 saturated carbocycles. The number of hydrogen-bond donors (Lipinski definition) is 4. The van der Waals surface area contributed by atoms with Gasteiger partial charge in [-0.1, -0.05) is 57.2 Å². The van der Waals surface area contributed by atoms with Crippen molar-refractivity contribution >= 4 is 11.8 Å². The number of nitrogens with zero attached hydrogens (tertiary/aromatic N) is 1. The van der Waals surface area contributed by atoms with Crippen LogP contribution in [0.3, 0.4) is 0 Å². The Morgan fingerprint density at radius 2 is 1.85 bits per heavy atom. The molecule has 0 aromatic rings. The van der Waals surface area contributed by atoms with Crippen LogP contribution in [-0.2, 0) is 19.1 Å². The summed E-state index contributed by atoms with van der Waals surface area (Å²) in [4.78, 5) is 27.8. The zero-order chi connectivity index (χ0) is 24.9. The highest BCUT2D eigenvalue weighted by atomic mass is 16.5. The summed E-state index contributed by atoms with van der Waals surface area (Å²) in [7, 11) is 1.20. The number of rotatable bonds is 8. The van der Waals surface area contributed by atoms with Gasteiger partial charge < -0.3 is 35.0 Å². The molecule has 186 valence electrons. The highest BCUT2D eigenvalue weighted by Gasteiger charge is 2.42. The third-order valence-corrected chi connectivity index (χ3v) is 5.57. The smallest absolute Gasteiger partial charge is 0.252 e. The van der Waals surface area contributed by atoms with E-state index in [0.29, 0.717) is 0 Å². The molecule has 0 aromatic heterocycles. The number of nitrogens with one attached hydrogen (secondary N) is 1. The van der Waals surface area contributed by atoms with Crippen molar-refractivity contribution in [2.75, 3.05) is 13.7 Å². The van der Waals surface area contributed by atoms with Gasteiger partial charge in [0.05, 0.1) is 12.6 Å². The molecule has 9 nitrogen and oxygen atoms in total. The van der Waals surface area contributed by atoms with Crippen molar-refractivity contribution in [3.05, 3.63) is 36.5 Å². The number of carbonyl (C=O) groups is 2. The maximum Gasteiger partial charge on any atom is 0.252 e. The van der Waals surface area contributed by atoms with Crippen molar-refractivity contribution < 1.29 is 34.4 Å². The Hall–Kier alpha value is -2.04. The molecular weight excluding hydrogens is 428 g/mol. The van der Waals surface area contributed by atoms with E-state index in [1.807, 2.05) is 58.9 Å². The molecule has 0 spiro atoms. The predicted octanol–water partition coefficient (Wildman–Crippen LogP) is 0.302. The minimum absolute atomic E-state index is 0.0564. The molecular formula is C24H38N2O7. The van der Waals surface area contributed by atoms with E-state index in [4.69, 9.17) is 9.47 Å². The van der Waals surface area contributed by atoms with Crippen LogP contribution < -0.4 is 5.32 Å². The maximum absolute atomic E-state index is 13.3. The van der Waals surface area contributed by atoms with Crippen LogP contribution in [0, 0.1) is 5.41 Å². The third kappa shape index (κ3) is 6.97. The molecule has 2 unspecified atom stereocenters. The molecule has 2 aliphatic rings. The molecule has 0 radical (unpaired) electrons. The van der Waals surface area contributed by atoms with Crippen molar-refractivity contribution in [1.82, 2.24) is 10.2 Å². The highest BCUT2D eigenvalue weighted by molar-refractivity contribution is 5.90. The second kappa shape index (κ2) is 11.4. The molecule has 2 amide bonds. The van der Waals surface area contributed by atoms with Gasteiger partial charge in [0, 0.05) is 13.2 Å². The summed E-state index contributed by atoms with van der Waals surface area (Å²) in [6.07, 6.45) is 3.85. The van der Waals surface area contributed by atoms with Gasteiger partial charge in [-0.05, 0) is 19.3 Å². The van der Waals surface area contributed by atoms with E-state index in [-0.39, 0.29) is 36.1 Å². The minimum atomic E-state index is -1.73. The van der Waals surface area contributed by atoms with Crippen LogP contribution in [0.15, 0.2) is 36.5 Å². The minimum Gasteiger partial charge on any atom is -0.387 e. The fourth-order valence-corrected chi connectivity index (χ4v) is 3.83. The first-order valence-corrected chi connectivity index (χ1v) is 11.2. The van der Waals surface area contributed by atoms with Crippen LogP contribution in [0.2, 0.25) is 0 Å². The van der Waals surface area contributed by atoms with Gasteiger partial charge in [-0.3, -0.25) is 9.59 Å². The van der Waals surface area contributed by atoms with Crippen molar-refractivity contribution in [3.63, 3.8) is 0 Å². The van der Waals surface area contributed by atoms with Crippen molar-refractivity contribution in [2.45, 2.75) is 83.3 Å². The molecule has 2 rings (SSSR count). The molecule has 1 aliphatic heterocycles. The SMILES string of the molecule is CO[C@@H](C(=O)N[C@H]1COC2C=CC=CC2N(C(C)C)C1=O)[C@H](O)[C@@H](O)[C@H](O)/C=C/C(C)(C)C. The monoisotopic (exact) mass is 466 g/mol. The number of amides is 2. The van der Waals surface area contributed by atoms with E-state index in [1.165, 1.54) is 13.2 Å². The summed E-state index contributed by atoms with van der Waals surface area (Å²) >= 11 is 0. The Labute approximate surface area is 195 Å². The molecule has 0 aromatic carbocycles. The van der Waals surface area contributed by atoms with Crippen molar-refractivity contribution in [2.24, 2.45) is 5.41 Å². The summed E-state index contributed by atoms with van der Waals surface area (Å²) in [5.74, 6) is -1.11. The number of allylic oxidation sites excluding steroid dienone is 3. The van der Waals surface area contributed by atoms with Gasteiger partial charge in [-0.2, -0.15) is 0 Å². The summed E-state index contributed by atoms with van der Waals surface area (Å²) < 4.78 is 11.0. The largest absolute Gasteiger partial charge is 0.387 e. The molecule has 0 bridgehead atoms. The fourth-order valence-electron chi connectivity index (χ4n) is 3.83.